The molecule has 1 N–H and O–H groups in total. The van der Waals surface area contributed by atoms with Crippen LogP contribution in [0.3, 0.4) is 0 Å². The zero-order valence-corrected chi connectivity index (χ0v) is 14.2. The van der Waals surface area contributed by atoms with Crippen LogP contribution in [-0.4, -0.2) is 36.3 Å². The zero-order valence-electron chi connectivity index (χ0n) is 14.2. The minimum atomic E-state index is -0.291. The van der Waals surface area contributed by atoms with Gasteiger partial charge in [-0.2, -0.15) is 0 Å². The van der Waals surface area contributed by atoms with Crippen LogP contribution in [0.5, 0.6) is 0 Å². The second-order valence-corrected chi connectivity index (χ2v) is 6.04. The average Bonchev–Trinajstić information content (AvgIpc) is 2.69. The van der Waals surface area contributed by atoms with Crippen LogP contribution < -0.4 is 10.2 Å². The highest BCUT2D eigenvalue weighted by atomic mass is 19.1. The van der Waals surface area contributed by atoms with Crippen molar-refractivity contribution in [2.75, 3.05) is 36.5 Å². The Morgan fingerprint density at radius 3 is 2.50 bits per heavy atom. The minimum Gasteiger partial charge on any atom is -0.378 e. The molecule has 1 aliphatic heterocycles. The van der Waals surface area contributed by atoms with E-state index in [0.717, 1.165) is 24.5 Å². The van der Waals surface area contributed by atoms with Gasteiger partial charge in [0.15, 0.2) is 5.82 Å². The third-order valence-corrected chi connectivity index (χ3v) is 4.18. The van der Waals surface area contributed by atoms with Crippen molar-refractivity contribution in [3.05, 3.63) is 66.5 Å². The zero-order chi connectivity index (χ0) is 17.8. The fourth-order valence-corrected chi connectivity index (χ4v) is 2.88. The molecule has 0 atom stereocenters. The van der Waals surface area contributed by atoms with Crippen LogP contribution in [0.1, 0.15) is 0 Å². The highest BCUT2D eigenvalue weighted by molar-refractivity contribution is 5.65. The topological polar surface area (TPSA) is 50.3 Å². The van der Waals surface area contributed by atoms with E-state index in [2.05, 4.69) is 15.2 Å². The van der Waals surface area contributed by atoms with E-state index in [1.807, 2.05) is 42.5 Å². The minimum absolute atomic E-state index is 0.291. The van der Waals surface area contributed by atoms with E-state index < -0.39 is 0 Å². The van der Waals surface area contributed by atoms with Crippen molar-refractivity contribution in [2.45, 2.75) is 0 Å². The summed E-state index contributed by atoms with van der Waals surface area (Å²) in [5.74, 6) is 1.81. The molecule has 1 aliphatic rings. The SMILES string of the molecule is Fc1cccc(Nc2cc(N3CCOCC3)nc(-c3ccccc3)n2)c1. The lowest BCUT2D eigenvalue weighted by molar-refractivity contribution is 0.122. The second kappa shape index (κ2) is 7.49. The summed E-state index contributed by atoms with van der Waals surface area (Å²) in [6.45, 7) is 2.92. The van der Waals surface area contributed by atoms with Crippen LogP contribution in [0, 0.1) is 5.82 Å². The summed E-state index contributed by atoms with van der Waals surface area (Å²) in [6.07, 6.45) is 0. The number of nitrogens with zero attached hydrogens (tertiary/aromatic N) is 3. The Hall–Kier alpha value is -2.99. The third-order valence-electron chi connectivity index (χ3n) is 4.18. The van der Waals surface area contributed by atoms with Gasteiger partial charge in [-0.25, -0.2) is 14.4 Å². The predicted octanol–water partition coefficient (Wildman–Crippen LogP) is 3.86. The van der Waals surface area contributed by atoms with Gasteiger partial charge in [-0.15, -0.1) is 0 Å². The maximum absolute atomic E-state index is 13.5. The molecule has 0 radical (unpaired) electrons. The van der Waals surface area contributed by atoms with Crippen molar-refractivity contribution < 1.29 is 9.13 Å². The Morgan fingerprint density at radius 2 is 1.73 bits per heavy atom. The smallest absolute Gasteiger partial charge is 0.163 e. The maximum Gasteiger partial charge on any atom is 0.163 e. The van der Waals surface area contributed by atoms with Crippen LogP contribution in [0.4, 0.5) is 21.7 Å². The summed E-state index contributed by atoms with van der Waals surface area (Å²) in [7, 11) is 0. The molecule has 1 saturated heterocycles. The van der Waals surface area contributed by atoms with Gasteiger partial charge in [0.1, 0.15) is 17.5 Å². The lowest BCUT2D eigenvalue weighted by Crippen LogP contribution is -2.36. The van der Waals surface area contributed by atoms with Crippen molar-refractivity contribution in [3.8, 4) is 11.4 Å². The summed E-state index contributed by atoms with van der Waals surface area (Å²) < 4.78 is 18.9. The van der Waals surface area contributed by atoms with Crippen LogP contribution in [0.2, 0.25) is 0 Å². The molecule has 1 aromatic heterocycles. The van der Waals surface area contributed by atoms with Crippen LogP contribution >= 0.6 is 0 Å². The van der Waals surface area contributed by atoms with Crippen LogP contribution in [0.25, 0.3) is 11.4 Å². The fourth-order valence-electron chi connectivity index (χ4n) is 2.88. The lowest BCUT2D eigenvalue weighted by Gasteiger charge is -2.28. The van der Waals surface area contributed by atoms with E-state index in [-0.39, 0.29) is 5.82 Å². The van der Waals surface area contributed by atoms with Gasteiger partial charge in [0.05, 0.1) is 13.2 Å². The number of nitrogens with one attached hydrogen (secondary N) is 1. The Morgan fingerprint density at radius 1 is 0.923 bits per heavy atom. The standard InChI is InChI=1S/C20H19FN4O/c21-16-7-4-8-17(13-16)22-18-14-19(25-9-11-26-12-10-25)24-20(23-18)15-5-2-1-3-6-15/h1-8,13-14H,9-12H2,(H,22,23,24). The molecule has 0 saturated carbocycles. The maximum atomic E-state index is 13.5. The molecule has 0 unspecified atom stereocenters. The first kappa shape index (κ1) is 16.5. The number of rotatable bonds is 4. The predicted molar refractivity (Wildman–Crippen MR) is 100 cm³/mol. The summed E-state index contributed by atoms with van der Waals surface area (Å²) in [4.78, 5) is 11.5. The first-order chi connectivity index (χ1) is 12.8. The highest BCUT2D eigenvalue weighted by Gasteiger charge is 2.16. The number of ether oxygens (including phenoxy) is 1. The van der Waals surface area contributed by atoms with E-state index in [0.29, 0.717) is 30.5 Å². The summed E-state index contributed by atoms with van der Waals surface area (Å²) in [6, 6.07) is 18.1. The van der Waals surface area contributed by atoms with Gasteiger partial charge in [-0.1, -0.05) is 36.4 Å². The van der Waals surface area contributed by atoms with Gasteiger partial charge < -0.3 is 15.0 Å². The molecular formula is C20H19FN4O. The van der Waals surface area contributed by atoms with Crippen LogP contribution in [-0.2, 0) is 4.74 Å². The number of anilines is 3. The normalized spacial score (nSPS) is 14.3. The van der Waals surface area contributed by atoms with E-state index in [4.69, 9.17) is 9.72 Å². The molecule has 2 aromatic carbocycles. The van der Waals surface area contributed by atoms with E-state index >= 15 is 0 Å². The van der Waals surface area contributed by atoms with Gasteiger partial charge in [0.2, 0.25) is 0 Å². The molecule has 6 heteroatoms. The molecule has 0 spiro atoms. The van der Waals surface area contributed by atoms with Gasteiger partial charge >= 0.3 is 0 Å². The molecule has 5 nitrogen and oxygen atoms in total. The molecule has 0 bridgehead atoms. The van der Waals surface area contributed by atoms with Gasteiger partial charge in [-0.3, -0.25) is 0 Å². The van der Waals surface area contributed by atoms with Crippen LogP contribution in [0.15, 0.2) is 60.7 Å². The fraction of sp³-hybridized carbons (Fsp3) is 0.200. The summed E-state index contributed by atoms with van der Waals surface area (Å²) >= 11 is 0. The highest BCUT2D eigenvalue weighted by Crippen LogP contribution is 2.25. The van der Waals surface area contributed by atoms with E-state index in [1.165, 1.54) is 12.1 Å². The van der Waals surface area contributed by atoms with Gasteiger partial charge in [0, 0.05) is 30.4 Å². The Balaban J connectivity index is 1.72. The van der Waals surface area contributed by atoms with Crippen molar-refractivity contribution >= 4 is 17.3 Å². The van der Waals surface area contributed by atoms with Crippen molar-refractivity contribution in [1.82, 2.24) is 9.97 Å². The monoisotopic (exact) mass is 350 g/mol. The number of hydrogen-bond acceptors (Lipinski definition) is 5. The molecule has 2 heterocycles. The number of benzene rings is 2. The number of halogens is 1. The second-order valence-electron chi connectivity index (χ2n) is 6.04. The average molecular weight is 350 g/mol. The van der Waals surface area contributed by atoms with Crippen molar-refractivity contribution in [3.63, 3.8) is 0 Å². The molecule has 0 amide bonds. The molecule has 4 rings (SSSR count). The molecular weight excluding hydrogens is 331 g/mol. The largest absolute Gasteiger partial charge is 0.378 e. The molecule has 1 fully saturated rings. The quantitative estimate of drug-likeness (QED) is 0.774. The summed E-state index contributed by atoms with van der Waals surface area (Å²) in [5.41, 5.74) is 1.58. The van der Waals surface area contributed by atoms with Gasteiger partial charge in [-0.05, 0) is 18.2 Å². The number of aromatic nitrogens is 2. The van der Waals surface area contributed by atoms with Crippen molar-refractivity contribution in [1.29, 1.82) is 0 Å². The Bertz CT molecular complexity index is 882. The summed E-state index contributed by atoms with van der Waals surface area (Å²) in [5, 5.41) is 3.19. The molecule has 132 valence electrons. The van der Waals surface area contributed by atoms with Crippen molar-refractivity contribution in [2.24, 2.45) is 0 Å². The Labute approximate surface area is 151 Å². The first-order valence-electron chi connectivity index (χ1n) is 8.58. The van der Waals surface area contributed by atoms with E-state index in [9.17, 15) is 4.39 Å². The Kier molecular flexibility index (Phi) is 4.75. The lowest BCUT2D eigenvalue weighted by atomic mass is 10.2. The number of morpholine rings is 1. The van der Waals surface area contributed by atoms with E-state index in [1.54, 1.807) is 6.07 Å². The number of hydrogen-bond donors (Lipinski definition) is 1. The molecule has 3 aromatic rings. The third kappa shape index (κ3) is 3.81. The first-order valence-corrected chi connectivity index (χ1v) is 8.58. The molecule has 26 heavy (non-hydrogen) atoms. The molecule has 0 aliphatic carbocycles. The van der Waals surface area contributed by atoms with Gasteiger partial charge in [0.25, 0.3) is 0 Å².